The van der Waals surface area contributed by atoms with Crippen molar-refractivity contribution >= 4 is 33.5 Å². The second-order valence-corrected chi connectivity index (χ2v) is 11.3. The lowest BCUT2D eigenvalue weighted by molar-refractivity contribution is -0.0407. The van der Waals surface area contributed by atoms with E-state index in [0.29, 0.717) is 12.2 Å². The average molecular weight is 517 g/mol. The van der Waals surface area contributed by atoms with E-state index < -0.39 is 0 Å². The van der Waals surface area contributed by atoms with Crippen LogP contribution in [0.2, 0.25) is 0 Å². The number of aryl methyl sites for hydroxylation is 1. The predicted octanol–water partition coefficient (Wildman–Crippen LogP) is 5.52. The number of ether oxygens (including phenoxy) is 2. The summed E-state index contributed by atoms with van der Waals surface area (Å²) in [5.74, 6) is 1.83. The van der Waals surface area contributed by atoms with E-state index in [-0.39, 0.29) is 17.8 Å². The summed E-state index contributed by atoms with van der Waals surface area (Å²) in [4.78, 5) is 7.39. The molecule has 0 saturated carbocycles. The van der Waals surface area contributed by atoms with Gasteiger partial charge in [0.1, 0.15) is 16.9 Å². The third kappa shape index (κ3) is 5.31. The molecule has 2 atom stereocenters. The molecule has 0 aliphatic carbocycles. The largest absolute Gasteiger partial charge is 0.372 e. The van der Waals surface area contributed by atoms with Gasteiger partial charge >= 0.3 is 0 Å². The van der Waals surface area contributed by atoms with Gasteiger partial charge in [0.2, 0.25) is 0 Å². The number of hydrogen-bond acceptors (Lipinski definition) is 6. The highest BCUT2D eigenvalue weighted by Gasteiger charge is 2.34. The summed E-state index contributed by atoms with van der Waals surface area (Å²) in [6, 6.07) is 10.9. The molecule has 3 heterocycles. The molecular formula is C25H30BrN3O2S. The smallest absolute Gasteiger partial charge is 0.135 e. The van der Waals surface area contributed by atoms with Crippen LogP contribution in [0.1, 0.15) is 49.9 Å². The summed E-state index contributed by atoms with van der Waals surface area (Å²) in [6.45, 7) is 10.5. The molecule has 2 unspecified atom stereocenters. The highest BCUT2D eigenvalue weighted by atomic mass is 79.9. The molecule has 170 valence electrons. The zero-order chi connectivity index (χ0) is 22.9. The van der Waals surface area contributed by atoms with E-state index in [9.17, 15) is 5.26 Å². The Balaban J connectivity index is 1.68. The first-order valence-corrected chi connectivity index (χ1v) is 12.9. The lowest BCUT2D eigenvalue weighted by Gasteiger charge is -2.40. The fraction of sp³-hybridized carbons (Fsp3) is 0.520. The van der Waals surface area contributed by atoms with Gasteiger partial charge in [-0.2, -0.15) is 5.26 Å². The molecule has 0 spiro atoms. The summed E-state index contributed by atoms with van der Waals surface area (Å²) in [5.41, 5.74) is 3.87. The zero-order valence-corrected chi connectivity index (χ0v) is 21.6. The number of halogens is 1. The van der Waals surface area contributed by atoms with Crippen LogP contribution in [0.25, 0.3) is 0 Å². The fourth-order valence-electron chi connectivity index (χ4n) is 4.52. The molecule has 2 aliphatic heterocycles. The Labute approximate surface area is 203 Å². The van der Waals surface area contributed by atoms with Crippen LogP contribution in [0.4, 0.5) is 5.82 Å². The second kappa shape index (κ2) is 9.72. The number of rotatable bonds is 5. The van der Waals surface area contributed by atoms with Crippen LogP contribution in [0.5, 0.6) is 0 Å². The molecule has 1 aromatic heterocycles. The third-order valence-electron chi connectivity index (χ3n) is 5.92. The Morgan fingerprint density at radius 3 is 2.69 bits per heavy atom. The Hall–Kier alpha value is -1.59. The second-order valence-electron chi connectivity index (χ2n) is 9.30. The van der Waals surface area contributed by atoms with Crippen molar-refractivity contribution in [3.05, 3.63) is 51.0 Å². The number of anilines is 1. The number of thioether (sulfide) groups is 1. The molecule has 2 aliphatic rings. The standard InChI is InChI=1S/C25H30BrN3O2S/c1-16-13-29(14-17(2)31-16)23-22-15-30-25(3,4)11-20(22)21(12-27)24(28-23)32-9-8-18-6-5-7-19(26)10-18/h5-7,10,16-17H,8-9,11,13-15H2,1-4H3. The van der Waals surface area contributed by atoms with E-state index in [2.05, 4.69) is 72.8 Å². The third-order valence-corrected chi connectivity index (χ3v) is 7.39. The monoisotopic (exact) mass is 515 g/mol. The average Bonchev–Trinajstić information content (AvgIpc) is 2.71. The number of morpholine rings is 1. The lowest BCUT2D eigenvalue weighted by Crippen LogP contribution is -2.47. The Morgan fingerprint density at radius 1 is 1.25 bits per heavy atom. The van der Waals surface area contributed by atoms with Crippen LogP contribution < -0.4 is 4.90 Å². The lowest BCUT2D eigenvalue weighted by atomic mass is 9.89. The number of hydrogen-bond donors (Lipinski definition) is 0. The number of nitriles is 1. The minimum Gasteiger partial charge on any atom is -0.372 e. The molecule has 1 fully saturated rings. The minimum atomic E-state index is -0.291. The van der Waals surface area contributed by atoms with Gasteiger partial charge in [-0.1, -0.05) is 28.1 Å². The van der Waals surface area contributed by atoms with Gasteiger partial charge in [0, 0.05) is 35.3 Å². The van der Waals surface area contributed by atoms with E-state index in [1.54, 1.807) is 11.8 Å². The number of benzene rings is 1. The maximum absolute atomic E-state index is 10.1. The summed E-state index contributed by atoms with van der Waals surface area (Å²) in [7, 11) is 0. The number of fused-ring (bicyclic) bond motifs is 1. The summed E-state index contributed by atoms with van der Waals surface area (Å²) in [6.07, 6.45) is 1.92. The van der Waals surface area contributed by atoms with Crippen LogP contribution in [0.3, 0.4) is 0 Å². The summed E-state index contributed by atoms with van der Waals surface area (Å²) < 4.78 is 13.2. The van der Waals surface area contributed by atoms with Gasteiger partial charge in [-0.25, -0.2) is 4.98 Å². The first-order valence-electron chi connectivity index (χ1n) is 11.1. The first kappa shape index (κ1) is 23.6. The van der Waals surface area contributed by atoms with Crippen LogP contribution in [-0.2, 0) is 28.9 Å². The van der Waals surface area contributed by atoms with E-state index >= 15 is 0 Å². The van der Waals surface area contributed by atoms with Crippen LogP contribution in [0.15, 0.2) is 33.8 Å². The molecule has 0 amide bonds. The van der Waals surface area contributed by atoms with Crippen LogP contribution >= 0.6 is 27.7 Å². The SMILES string of the molecule is CC1CN(c2nc(SCCc3cccc(Br)c3)c(C#N)c3c2COC(C)(C)C3)CC(C)O1. The molecule has 1 aromatic carbocycles. The maximum atomic E-state index is 10.1. The number of aromatic nitrogens is 1. The highest BCUT2D eigenvalue weighted by molar-refractivity contribution is 9.10. The van der Waals surface area contributed by atoms with Gasteiger partial charge in [0.15, 0.2) is 0 Å². The van der Waals surface area contributed by atoms with Crippen molar-refractivity contribution in [1.82, 2.24) is 4.98 Å². The van der Waals surface area contributed by atoms with Gasteiger partial charge in [-0.3, -0.25) is 0 Å². The van der Waals surface area contributed by atoms with Crippen molar-refractivity contribution in [3.63, 3.8) is 0 Å². The number of nitrogens with zero attached hydrogens (tertiary/aromatic N) is 3. The molecular weight excluding hydrogens is 486 g/mol. The van der Waals surface area contributed by atoms with Crippen molar-refractivity contribution in [3.8, 4) is 6.07 Å². The molecule has 4 rings (SSSR count). The molecule has 7 heteroatoms. The topological polar surface area (TPSA) is 58.4 Å². The Morgan fingerprint density at radius 2 is 2.00 bits per heavy atom. The molecule has 0 bridgehead atoms. The van der Waals surface area contributed by atoms with E-state index in [4.69, 9.17) is 14.5 Å². The van der Waals surface area contributed by atoms with Gasteiger partial charge in [-0.05, 0) is 57.4 Å². The molecule has 0 radical (unpaired) electrons. The van der Waals surface area contributed by atoms with Crippen LogP contribution in [0, 0.1) is 11.3 Å². The van der Waals surface area contributed by atoms with E-state index in [0.717, 1.165) is 58.1 Å². The van der Waals surface area contributed by atoms with E-state index in [1.807, 2.05) is 6.07 Å². The number of pyridine rings is 1. The van der Waals surface area contributed by atoms with Gasteiger partial charge in [0.25, 0.3) is 0 Å². The molecule has 5 nitrogen and oxygen atoms in total. The zero-order valence-electron chi connectivity index (χ0n) is 19.2. The molecule has 32 heavy (non-hydrogen) atoms. The van der Waals surface area contributed by atoms with Crippen molar-refractivity contribution in [2.75, 3.05) is 23.7 Å². The van der Waals surface area contributed by atoms with Gasteiger partial charge < -0.3 is 14.4 Å². The Kier molecular flexibility index (Phi) is 7.16. The maximum Gasteiger partial charge on any atom is 0.135 e. The molecule has 1 saturated heterocycles. The summed E-state index contributed by atoms with van der Waals surface area (Å²) in [5, 5.41) is 10.9. The first-order chi connectivity index (χ1) is 15.3. The Bertz CT molecular complexity index is 1030. The van der Waals surface area contributed by atoms with Crippen molar-refractivity contribution in [1.29, 1.82) is 5.26 Å². The summed E-state index contributed by atoms with van der Waals surface area (Å²) >= 11 is 5.22. The van der Waals surface area contributed by atoms with Gasteiger partial charge in [-0.15, -0.1) is 11.8 Å². The molecule has 0 N–H and O–H groups in total. The van der Waals surface area contributed by atoms with Crippen molar-refractivity contribution in [2.45, 2.75) is 70.0 Å². The quantitative estimate of drug-likeness (QED) is 0.488. The normalized spacial score (nSPS) is 22.3. The van der Waals surface area contributed by atoms with Crippen LogP contribution in [-0.4, -0.2) is 41.6 Å². The van der Waals surface area contributed by atoms with E-state index in [1.165, 1.54) is 5.56 Å². The highest BCUT2D eigenvalue weighted by Crippen LogP contribution is 2.39. The van der Waals surface area contributed by atoms with Crippen molar-refractivity contribution < 1.29 is 9.47 Å². The fourth-order valence-corrected chi connectivity index (χ4v) is 5.96. The molecule has 2 aromatic rings. The predicted molar refractivity (Wildman–Crippen MR) is 132 cm³/mol. The minimum absolute atomic E-state index is 0.139. The van der Waals surface area contributed by atoms with Crippen molar-refractivity contribution in [2.24, 2.45) is 0 Å². The van der Waals surface area contributed by atoms with Gasteiger partial charge in [0.05, 0.1) is 30.0 Å².